The highest BCUT2D eigenvalue weighted by Gasteiger charge is 2.28. The molecule has 132 valence electrons. The SMILES string of the molecule is CC(C)C(=O)N1CCC(C(=O)NCCC(O)c2ccccc2)CC1. The summed E-state index contributed by atoms with van der Waals surface area (Å²) in [5.41, 5.74) is 0.868. The predicted octanol–water partition coefficient (Wildman–Crippen LogP) is 2.12. The molecule has 1 aromatic carbocycles. The molecule has 0 bridgehead atoms. The summed E-state index contributed by atoms with van der Waals surface area (Å²) in [5, 5.41) is 13.0. The molecule has 0 radical (unpaired) electrons. The zero-order valence-corrected chi connectivity index (χ0v) is 14.6. The number of rotatable bonds is 6. The zero-order chi connectivity index (χ0) is 17.5. The molecule has 1 saturated heterocycles. The molecule has 0 aliphatic carbocycles. The lowest BCUT2D eigenvalue weighted by Crippen LogP contribution is -2.44. The Labute approximate surface area is 144 Å². The number of carbonyl (C=O) groups is 2. The number of carbonyl (C=O) groups excluding carboxylic acids is 2. The maximum Gasteiger partial charge on any atom is 0.225 e. The van der Waals surface area contributed by atoms with Gasteiger partial charge in [0.2, 0.25) is 11.8 Å². The molecule has 1 aliphatic rings. The summed E-state index contributed by atoms with van der Waals surface area (Å²) in [5.74, 6) is 0.177. The third-order valence-corrected chi connectivity index (χ3v) is 4.57. The molecular formula is C19H28N2O3. The Morgan fingerprint density at radius 3 is 2.42 bits per heavy atom. The van der Waals surface area contributed by atoms with Crippen LogP contribution in [0.25, 0.3) is 0 Å². The molecule has 2 N–H and O–H groups in total. The molecule has 1 fully saturated rings. The van der Waals surface area contributed by atoms with E-state index >= 15 is 0 Å². The Kier molecular flexibility index (Phi) is 6.79. The molecule has 5 nitrogen and oxygen atoms in total. The first-order chi connectivity index (χ1) is 11.5. The van der Waals surface area contributed by atoms with Crippen LogP contribution in [0.5, 0.6) is 0 Å². The van der Waals surface area contributed by atoms with Crippen molar-refractivity contribution in [1.82, 2.24) is 10.2 Å². The lowest BCUT2D eigenvalue weighted by atomic mass is 9.95. The first-order valence-corrected chi connectivity index (χ1v) is 8.78. The van der Waals surface area contributed by atoms with Crippen molar-refractivity contribution in [3.05, 3.63) is 35.9 Å². The van der Waals surface area contributed by atoms with Gasteiger partial charge in [0.1, 0.15) is 0 Å². The summed E-state index contributed by atoms with van der Waals surface area (Å²) in [4.78, 5) is 26.0. The van der Waals surface area contributed by atoms with E-state index in [0.29, 0.717) is 38.9 Å². The second-order valence-corrected chi connectivity index (χ2v) is 6.76. The van der Waals surface area contributed by atoms with Crippen molar-refractivity contribution >= 4 is 11.8 Å². The number of benzene rings is 1. The maximum atomic E-state index is 12.2. The van der Waals surface area contributed by atoms with Gasteiger partial charge >= 0.3 is 0 Å². The average Bonchev–Trinajstić information content (AvgIpc) is 2.61. The maximum absolute atomic E-state index is 12.2. The summed E-state index contributed by atoms with van der Waals surface area (Å²) in [6, 6.07) is 9.46. The fourth-order valence-electron chi connectivity index (χ4n) is 3.05. The average molecular weight is 332 g/mol. The van der Waals surface area contributed by atoms with E-state index in [1.165, 1.54) is 0 Å². The van der Waals surface area contributed by atoms with Gasteiger partial charge in [0, 0.05) is 31.5 Å². The third kappa shape index (κ3) is 5.06. The highest BCUT2D eigenvalue weighted by Crippen LogP contribution is 2.19. The quantitative estimate of drug-likeness (QED) is 0.838. The lowest BCUT2D eigenvalue weighted by Gasteiger charge is -2.32. The normalized spacial score (nSPS) is 16.9. The van der Waals surface area contributed by atoms with Crippen LogP contribution in [0.1, 0.15) is 44.8 Å². The molecule has 0 saturated carbocycles. The fraction of sp³-hybridized carbons (Fsp3) is 0.579. The first kappa shape index (κ1) is 18.5. The molecule has 0 spiro atoms. The number of likely N-dealkylation sites (tertiary alicyclic amines) is 1. The van der Waals surface area contributed by atoms with Gasteiger partial charge in [-0.3, -0.25) is 9.59 Å². The van der Waals surface area contributed by atoms with Gasteiger partial charge < -0.3 is 15.3 Å². The molecule has 1 aliphatic heterocycles. The molecule has 24 heavy (non-hydrogen) atoms. The highest BCUT2D eigenvalue weighted by atomic mass is 16.3. The molecule has 0 aromatic heterocycles. The summed E-state index contributed by atoms with van der Waals surface area (Å²) < 4.78 is 0. The van der Waals surface area contributed by atoms with Crippen molar-refractivity contribution in [1.29, 1.82) is 0 Å². The minimum atomic E-state index is -0.558. The molecule has 2 rings (SSSR count). The molecule has 1 atom stereocenters. The topological polar surface area (TPSA) is 69.6 Å². The summed E-state index contributed by atoms with van der Waals surface area (Å²) in [7, 11) is 0. The Morgan fingerprint density at radius 2 is 1.83 bits per heavy atom. The van der Waals surface area contributed by atoms with Gasteiger partial charge in [0.05, 0.1) is 6.10 Å². The van der Waals surface area contributed by atoms with Crippen LogP contribution in [-0.4, -0.2) is 41.5 Å². The minimum Gasteiger partial charge on any atom is -0.388 e. The summed E-state index contributed by atoms with van der Waals surface area (Å²) >= 11 is 0. The number of aliphatic hydroxyl groups excluding tert-OH is 1. The van der Waals surface area contributed by atoms with Crippen molar-refractivity contribution in [2.24, 2.45) is 11.8 Å². The van der Waals surface area contributed by atoms with Gasteiger partial charge in [-0.1, -0.05) is 44.2 Å². The van der Waals surface area contributed by atoms with Gasteiger partial charge in [-0.15, -0.1) is 0 Å². The second kappa shape index (κ2) is 8.83. The van der Waals surface area contributed by atoms with E-state index < -0.39 is 6.10 Å². The molecular weight excluding hydrogens is 304 g/mol. The van der Waals surface area contributed by atoms with Crippen LogP contribution in [0.3, 0.4) is 0 Å². The zero-order valence-electron chi connectivity index (χ0n) is 14.6. The Morgan fingerprint density at radius 1 is 1.21 bits per heavy atom. The lowest BCUT2D eigenvalue weighted by molar-refractivity contribution is -0.138. The number of nitrogens with zero attached hydrogens (tertiary/aromatic N) is 1. The van der Waals surface area contributed by atoms with Crippen LogP contribution in [0, 0.1) is 11.8 Å². The second-order valence-electron chi connectivity index (χ2n) is 6.76. The Balaban J connectivity index is 1.69. The van der Waals surface area contributed by atoms with E-state index in [0.717, 1.165) is 5.56 Å². The Hall–Kier alpha value is -1.88. The van der Waals surface area contributed by atoms with E-state index in [1.807, 2.05) is 49.1 Å². The molecule has 1 heterocycles. The largest absolute Gasteiger partial charge is 0.388 e. The Bertz CT molecular complexity index is 537. The number of hydrogen-bond donors (Lipinski definition) is 2. The molecule has 2 amide bonds. The van der Waals surface area contributed by atoms with Gasteiger partial charge in [0.25, 0.3) is 0 Å². The molecule has 1 aromatic rings. The molecule has 1 unspecified atom stereocenters. The van der Waals surface area contributed by atoms with Gasteiger partial charge in [-0.2, -0.15) is 0 Å². The van der Waals surface area contributed by atoms with E-state index in [2.05, 4.69) is 5.32 Å². The van der Waals surface area contributed by atoms with Crippen LogP contribution < -0.4 is 5.32 Å². The van der Waals surface area contributed by atoms with Crippen molar-refractivity contribution in [2.75, 3.05) is 19.6 Å². The fourth-order valence-corrected chi connectivity index (χ4v) is 3.05. The summed E-state index contributed by atoms with van der Waals surface area (Å²) in [6.45, 7) is 5.57. The van der Waals surface area contributed by atoms with Crippen LogP contribution >= 0.6 is 0 Å². The number of hydrogen-bond acceptors (Lipinski definition) is 3. The van der Waals surface area contributed by atoms with E-state index in [9.17, 15) is 14.7 Å². The number of amides is 2. The van der Waals surface area contributed by atoms with Crippen LogP contribution in [0.4, 0.5) is 0 Å². The first-order valence-electron chi connectivity index (χ1n) is 8.78. The standard InChI is InChI=1S/C19H28N2O3/c1-14(2)19(24)21-12-9-16(10-13-21)18(23)20-11-8-17(22)15-6-4-3-5-7-15/h3-7,14,16-17,22H,8-13H2,1-2H3,(H,20,23). The van der Waals surface area contributed by atoms with Gasteiger partial charge in [-0.25, -0.2) is 0 Å². The summed E-state index contributed by atoms with van der Waals surface area (Å²) in [6.07, 6.45) is 1.37. The van der Waals surface area contributed by atoms with Crippen molar-refractivity contribution in [2.45, 2.75) is 39.2 Å². The van der Waals surface area contributed by atoms with E-state index in [1.54, 1.807) is 0 Å². The number of nitrogens with one attached hydrogen (secondary N) is 1. The van der Waals surface area contributed by atoms with Gasteiger partial charge in [-0.05, 0) is 24.8 Å². The van der Waals surface area contributed by atoms with Crippen LogP contribution in [0.15, 0.2) is 30.3 Å². The number of piperidine rings is 1. The highest BCUT2D eigenvalue weighted by molar-refractivity contribution is 5.80. The van der Waals surface area contributed by atoms with Crippen LogP contribution in [0.2, 0.25) is 0 Å². The van der Waals surface area contributed by atoms with Crippen molar-refractivity contribution < 1.29 is 14.7 Å². The predicted molar refractivity (Wildman–Crippen MR) is 93.2 cm³/mol. The van der Waals surface area contributed by atoms with E-state index in [4.69, 9.17) is 0 Å². The smallest absolute Gasteiger partial charge is 0.225 e. The molecule has 5 heteroatoms. The van der Waals surface area contributed by atoms with Crippen molar-refractivity contribution in [3.8, 4) is 0 Å². The van der Waals surface area contributed by atoms with Gasteiger partial charge in [0.15, 0.2) is 0 Å². The van der Waals surface area contributed by atoms with Crippen LogP contribution in [-0.2, 0) is 9.59 Å². The van der Waals surface area contributed by atoms with Crippen molar-refractivity contribution in [3.63, 3.8) is 0 Å². The third-order valence-electron chi connectivity index (χ3n) is 4.57. The van der Waals surface area contributed by atoms with E-state index in [-0.39, 0.29) is 23.7 Å². The number of aliphatic hydroxyl groups is 1. The minimum absolute atomic E-state index is 0.00912. The monoisotopic (exact) mass is 332 g/mol.